The van der Waals surface area contributed by atoms with E-state index in [0.29, 0.717) is 12.8 Å². The van der Waals surface area contributed by atoms with Crippen molar-refractivity contribution >= 4 is 33.1 Å². The molecule has 0 atom stereocenters. The van der Waals surface area contributed by atoms with Crippen molar-refractivity contribution in [1.82, 2.24) is 0 Å². The number of carbonyl (C=O) groups is 2. The van der Waals surface area contributed by atoms with Crippen LogP contribution >= 0.6 is 0 Å². The molecular weight excluding hydrogens is 615 g/mol. The van der Waals surface area contributed by atoms with Crippen LogP contribution in [0.5, 0.6) is 0 Å². The molecule has 0 aliphatic rings. The molecule has 0 saturated carbocycles. The molecule has 0 radical (unpaired) electrons. The quantitative estimate of drug-likeness (QED) is 0.0429. The molecule has 0 aromatic carbocycles. The summed E-state index contributed by atoms with van der Waals surface area (Å²) in [4.78, 5) is 22.7. The second-order valence-corrected chi connectivity index (χ2v) is 16.1. The van der Waals surface area contributed by atoms with E-state index in [0.717, 1.165) is 51.4 Å². The molecule has 0 spiro atoms. The molecule has 5 heteroatoms. The first-order valence-corrected chi connectivity index (χ1v) is 21.8. The molecule has 0 bridgehead atoms. The van der Waals surface area contributed by atoms with Crippen LogP contribution in [0, 0.1) is 0 Å². The zero-order valence-corrected chi connectivity index (χ0v) is 30.8. The fourth-order valence-electron chi connectivity index (χ4n) is 5.10. The van der Waals surface area contributed by atoms with Gasteiger partial charge in [0.1, 0.15) is 0 Å². The molecular formula is C36H68O4Sn. The molecule has 0 aliphatic heterocycles. The Labute approximate surface area is 266 Å². The van der Waals surface area contributed by atoms with Gasteiger partial charge in [0.25, 0.3) is 0 Å². The van der Waals surface area contributed by atoms with Crippen LogP contribution in [0.3, 0.4) is 0 Å². The van der Waals surface area contributed by atoms with Gasteiger partial charge in [0.15, 0.2) is 0 Å². The van der Waals surface area contributed by atoms with E-state index in [9.17, 15) is 19.8 Å². The van der Waals surface area contributed by atoms with Crippen molar-refractivity contribution in [3.63, 3.8) is 0 Å². The van der Waals surface area contributed by atoms with Crippen LogP contribution in [-0.2, 0) is 9.59 Å². The number of carboxylic acids is 2. The average molecular weight is 684 g/mol. The molecule has 0 saturated heterocycles. The Morgan fingerprint density at radius 1 is 0.390 bits per heavy atom. The Hall–Kier alpha value is -0.521. The SMILES string of the molecule is CCCCCCCC/C(C(=O)[O-])=C(\CCCCCCCC)C(=O)[O-].CCCCCCC[CH2][Sn+2][CH2]CCCCCCC. The number of carboxylic acid groups (broad SMARTS) is 2. The standard InChI is InChI=1S/C20H36O4.2C8H17.Sn/c1-3-5-7-9-11-13-15-17(19(21)22)18(20(23)24)16-14-12-10-8-6-4-2;2*1-3-5-7-8-6-4-2;/h3-16H2,1-2H3,(H,21,22)(H,23,24);2*1,3-8H2,2H3;/q;;;+2/p-2/b18-17-;;;. The second-order valence-electron chi connectivity index (χ2n) is 11.9. The summed E-state index contributed by atoms with van der Waals surface area (Å²) >= 11 is 0.0736. The van der Waals surface area contributed by atoms with Crippen LogP contribution in [0.2, 0.25) is 8.87 Å². The van der Waals surface area contributed by atoms with E-state index in [1.54, 1.807) is 21.7 Å². The zero-order valence-electron chi connectivity index (χ0n) is 27.9. The van der Waals surface area contributed by atoms with Crippen molar-refractivity contribution in [3.05, 3.63) is 11.1 Å². The molecule has 240 valence electrons. The van der Waals surface area contributed by atoms with Crippen LogP contribution < -0.4 is 10.2 Å². The average Bonchev–Trinajstić information content (AvgIpc) is 2.95. The fraction of sp³-hybridized carbons (Fsp3) is 0.889. The van der Waals surface area contributed by atoms with Crippen LogP contribution in [0.25, 0.3) is 0 Å². The third-order valence-electron chi connectivity index (χ3n) is 7.83. The second kappa shape index (κ2) is 35.7. The van der Waals surface area contributed by atoms with Gasteiger partial charge in [0.2, 0.25) is 0 Å². The molecule has 0 amide bonds. The van der Waals surface area contributed by atoms with E-state index < -0.39 is 11.9 Å². The normalized spacial score (nSPS) is 11.4. The number of unbranched alkanes of at least 4 members (excludes halogenated alkanes) is 20. The summed E-state index contributed by atoms with van der Waals surface area (Å²) in [5.74, 6) is -2.71. The molecule has 41 heavy (non-hydrogen) atoms. The van der Waals surface area contributed by atoms with Crippen LogP contribution in [0.4, 0.5) is 0 Å². The van der Waals surface area contributed by atoms with Gasteiger partial charge < -0.3 is 19.8 Å². The van der Waals surface area contributed by atoms with Crippen molar-refractivity contribution in [1.29, 1.82) is 0 Å². The topological polar surface area (TPSA) is 80.3 Å². The van der Waals surface area contributed by atoms with Gasteiger partial charge in [-0.3, -0.25) is 0 Å². The summed E-state index contributed by atoms with van der Waals surface area (Å²) in [5.41, 5.74) is -0.113. The summed E-state index contributed by atoms with van der Waals surface area (Å²) < 4.78 is 3.31. The van der Waals surface area contributed by atoms with Gasteiger partial charge in [-0.25, -0.2) is 0 Å². The predicted octanol–water partition coefficient (Wildman–Crippen LogP) is 9.53. The predicted molar refractivity (Wildman–Crippen MR) is 175 cm³/mol. The first-order chi connectivity index (χ1) is 20.0. The third kappa shape index (κ3) is 32.2. The van der Waals surface area contributed by atoms with Crippen LogP contribution in [0.15, 0.2) is 11.1 Å². The van der Waals surface area contributed by atoms with E-state index in [1.807, 2.05) is 0 Å². The fourth-order valence-corrected chi connectivity index (χ4v) is 8.67. The minimum atomic E-state index is -1.35. The number of hydrogen-bond acceptors (Lipinski definition) is 4. The summed E-state index contributed by atoms with van der Waals surface area (Å²) in [6.45, 7) is 8.89. The van der Waals surface area contributed by atoms with Crippen molar-refractivity contribution in [3.8, 4) is 0 Å². The summed E-state index contributed by atoms with van der Waals surface area (Å²) in [6, 6.07) is 0. The molecule has 0 rings (SSSR count). The molecule has 0 aromatic heterocycles. The van der Waals surface area contributed by atoms with E-state index in [-0.39, 0.29) is 45.1 Å². The van der Waals surface area contributed by atoms with Gasteiger partial charge in [0.05, 0.1) is 11.9 Å². The number of hydrogen-bond donors (Lipinski definition) is 0. The molecule has 0 aliphatic carbocycles. The van der Waals surface area contributed by atoms with Gasteiger partial charge >= 0.3 is 121 Å². The van der Waals surface area contributed by atoms with Gasteiger partial charge in [-0.1, -0.05) is 78.1 Å². The van der Waals surface area contributed by atoms with Gasteiger partial charge in [-0.2, -0.15) is 0 Å². The van der Waals surface area contributed by atoms with Crippen LogP contribution in [-0.4, -0.2) is 33.1 Å². The zero-order chi connectivity index (χ0) is 30.8. The Balaban J connectivity index is 0. The van der Waals surface area contributed by atoms with E-state index in [4.69, 9.17) is 0 Å². The number of carbonyl (C=O) groups excluding carboxylic acids is 2. The van der Waals surface area contributed by atoms with E-state index in [2.05, 4.69) is 27.7 Å². The minimum absolute atomic E-state index is 0.0564. The van der Waals surface area contributed by atoms with Gasteiger partial charge in [-0.05, 0) is 36.8 Å². The molecule has 0 fully saturated rings. The Morgan fingerprint density at radius 3 is 0.902 bits per heavy atom. The maximum absolute atomic E-state index is 11.3. The third-order valence-corrected chi connectivity index (χ3v) is 11.9. The molecule has 0 aromatic rings. The number of aliphatic carboxylic acids is 2. The molecule has 0 heterocycles. The monoisotopic (exact) mass is 684 g/mol. The van der Waals surface area contributed by atoms with Gasteiger partial charge in [-0.15, -0.1) is 0 Å². The van der Waals surface area contributed by atoms with Crippen molar-refractivity contribution in [2.75, 3.05) is 0 Å². The Morgan fingerprint density at radius 2 is 0.634 bits per heavy atom. The first kappa shape index (κ1) is 42.6. The van der Waals surface area contributed by atoms with Crippen molar-refractivity contribution in [2.45, 2.75) is 204 Å². The number of rotatable bonds is 30. The van der Waals surface area contributed by atoms with Crippen LogP contribution in [0.1, 0.15) is 195 Å². The first-order valence-electron chi connectivity index (χ1n) is 17.8. The summed E-state index contributed by atoms with van der Waals surface area (Å²) in [7, 11) is 0. The maximum atomic E-state index is 11.3. The summed E-state index contributed by atoms with van der Waals surface area (Å²) in [5, 5.41) is 22.7. The Kier molecular flexibility index (Phi) is 37.1. The molecule has 4 nitrogen and oxygen atoms in total. The van der Waals surface area contributed by atoms with E-state index in [1.165, 1.54) is 77.0 Å². The van der Waals surface area contributed by atoms with Crippen molar-refractivity contribution < 1.29 is 19.8 Å². The molecule has 0 unspecified atom stereocenters. The Bertz CT molecular complexity index is 552. The van der Waals surface area contributed by atoms with Gasteiger partial charge in [0, 0.05) is 0 Å². The van der Waals surface area contributed by atoms with Crippen molar-refractivity contribution in [2.24, 2.45) is 0 Å². The molecule has 0 N–H and O–H groups in total. The summed E-state index contributed by atoms with van der Waals surface area (Å²) in [6.07, 6.45) is 30.7. The van der Waals surface area contributed by atoms with E-state index >= 15 is 0 Å².